The van der Waals surface area contributed by atoms with Crippen LogP contribution in [0.3, 0.4) is 0 Å². The molecule has 4 rings (SSSR count). The summed E-state index contributed by atoms with van der Waals surface area (Å²) in [7, 11) is 0. The second-order valence-corrected chi connectivity index (χ2v) is 7.93. The molecular weight excluding hydrogens is 412 g/mol. The molecule has 0 saturated heterocycles. The molecule has 7 nitrogen and oxygen atoms in total. The molecule has 1 aromatic carbocycles. The largest absolute Gasteiger partial charge is 0.466 e. The van der Waals surface area contributed by atoms with Crippen LogP contribution in [-0.2, 0) is 0 Å². The number of aromatic amines is 1. The number of nitrogens with zero attached hydrogens (tertiary/aromatic N) is 3. The number of aromatic nitrogens is 3. The minimum Gasteiger partial charge on any atom is -0.466 e. The molecule has 0 saturated carbocycles. The van der Waals surface area contributed by atoms with Gasteiger partial charge in [0.1, 0.15) is 11.6 Å². The van der Waals surface area contributed by atoms with E-state index < -0.39 is 18.1 Å². The lowest BCUT2D eigenvalue weighted by atomic mass is 9.99. The summed E-state index contributed by atoms with van der Waals surface area (Å²) in [4.78, 5) is 29.7. The minimum atomic E-state index is -0.581. The van der Waals surface area contributed by atoms with Crippen molar-refractivity contribution in [3.63, 3.8) is 0 Å². The summed E-state index contributed by atoms with van der Waals surface area (Å²) in [6, 6.07) is 17.0. The lowest BCUT2D eigenvalue weighted by Gasteiger charge is -2.13. The zero-order valence-corrected chi connectivity index (χ0v) is 17.7. The first-order valence-electron chi connectivity index (χ1n) is 9.47. The van der Waals surface area contributed by atoms with Gasteiger partial charge in [0.25, 0.3) is 11.5 Å². The van der Waals surface area contributed by atoms with Gasteiger partial charge in [-0.05, 0) is 36.9 Å². The number of aryl methyl sites for hydroxylation is 2. The third-order valence-corrected chi connectivity index (χ3v) is 5.56. The fourth-order valence-electron chi connectivity index (χ4n) is 3.14. The van der Waals surface area contributed by atoms with Gasteiger partial charge in [-0.25, -0.2) is 4.98 Å². The van der Waals surface area contributed by atoms with E-state index in [1.807, 2.05) is 54.8 Å². The van der Waals surface area contributed by atoms with E-state index in [1.54, 1.807) is 6.92 Å². The van der Waals surface area contributed by atoms with Gasteiger partial charge in [0.05, 0.1) is 10.6 Å². The molecule has 0 aliphatic heterocycles. The molecule has 0 fully saturated rings. The molecule has 0 aliphatic rings. The highest BCUT2D eigenvalue weighted by molar-refractivity contribution is 7.13. The van der Waals surface area contributed by atoms with E-state index in [4.69, 9.17) is 4.74 Å². The number of ether oxygens (including phenoxy) is 1. The van der Waals surface area contributed by atoms with Crippen LogP contribution in [-0.4, -0.2) is 27.3 Å². The quantitative estimate of drug-likeness (QED) is 0.512. The number of nitrogens with one attached hydrogen (secondary N) is 1. The number of H-pyrrole nitrogens is 1. The van der Waals surface area contributed by atoms with Crippen LogP contribution in [0, 0.1) is 25.2 Å². The fourth-order valence-corrected chi connectivity index (χ4v) is 3.83. The molecule has 0 spiro atoms. The molecule has 0 radical (unpaired) electrons. The zero-order chi connectivity index (χ0) is 22.0. The van der Waals surface area contributed by atoms with Crippen molar-refractivity contribution >= 4 is 17.2 Å². The molecule has 0 unspecified atom stereocenters. The molecule has 154 valence electrons. The Balaban J connectivity index is 1.76. The van der Waals surface area contributed by atoms with Gasteiger partial charge in [-0.2, -0.15) is 9.94 Å². The summed E-state index contributed by atoms with van der Waals surface area (Å²) in [6.45, 7) is 3.23. The Kier molecular flexibility index (Phi) is 5.52. The number of carbonyl (C=O) groups excluding carboxylic acids is 1. The maximum absolute atomic E-state index is 12.5. The van der Waals surface area contributed by atoms with Crippen LogP contribution in [0.2, 0.25) is 0 Å². The summed E-state index contributed by atoms with van der Waals surface area (Å²) >= 11 is 1.51. The Hall–Kier alpha value is -3.96. The third-order valence-electron chi connectivity index (χ3n) is 4.66. The van der Waals surface area contributed by atoms with Crippen molar-refractivity contribution in [1.82, 2.24) is 14.8 Å². The van der Waals surface area contributed by atoms with Crippen LogP contribution < -0.4 is 10.3 Å². The number of rotatable bonds is 5. The topological polar surface area (TPSA) is 101 Å². The molecule has 1 N–H and O–H groups in total. The van der Waals surface area contributed by atoms with Crippen molar-refractivity contribution in [2.45, 2.75) is 13.8 Å². The van der Waals surface area contributed by atoms with Crippen LogP contribution >= 0.6 is 11.3 Å². The predicted molar refractivity (Wildman–Crippen MR) is 118 cm³/mol. The van der Waals surface area contributed by atoms with Gasteiger partial charge < -0.3 is 4.74 Å². The lowest BCUT2D eigenvalue weighted by Crippen LogP contribution is -2.29. The maximum atomic E-state index is 12.5. The zero-order valence-electron chi connectivity index (χ0n) is 16.9. The summed E-state index contributed by atoms with van der Waals surface area (Å²) in [5.74, 6) is -0.532. The SMILES string of the molecule is Cc1ccc(-c2cc(-c3cccs3)nc(OCC(=O)n3[nH]c(C)cc3=O)c2C#N)cc1. The van der Waals surface area contributed by atoms with E-state index in [1.165, 1.54) is 17.4 Å². The average molecular weight is 430 g/mol. The summed E-state index contributed by atoms with van der Waals surface area (Å²) in [5.41, 5.74) is 3.57. The smallest absolute Gasteiger partial charge is 0.286 e. The molecule has 3 aromatic heterocycles. The van der Waals surface area contributed by atoms with Crippen molar-refractivity contribution in [2.75, 3.05) is 6.61 Å². The van der Waals surface area contributed by atoms with E-state index in [0.717, 1.165) is 20.7 Å². The Bertz CT molecular complexity index is 1340. The van der Waals surface area contributed by atoms with Crippen LogP contribution in [0.5, 0.6) is 5.88 Å². The highest BCUT2D eigenvalue weighted by atomic mass is 32.1. The highest BCUT2D eigenvalue weighted by Crippen LogP contribution is 2.35. The number of pyridine rings is 1. The molecular formula is C23H18N4O3S. The summed E-state index contributed by atoms with van der Waals surface area (Å²) < 4.78 is 6.56. The van der Waals surface area contributed by atoms with Gasteiger partial charge in [0, 0.05) is 17.3 Å². The molecule has 0 aliphatic carbocycles. The van der Waals surface area contributed by atoms with Crippen molar-refractivity contribution in [1.29, 1.82) is 5.26 Å². The Morgan fingerprint density at radius 3 is 2.61 bits per heavy atom. The fraction of sp³-hybridized carbons (Fsp3) is 0.130. The first-order chi connectivity index (χ1) is 15.0. The first-order valence-corrected chi connectivity index (χ1v) is 10.3. The molecule has 0 atom stereocenters. The number of hydrogen-bond acceptors (Lipinski definition) is 6. The lowest BCUT2D eigenvalue weighted by molar-refractivity contribution is 0.0813. The maximum Gasteiger partial charge on any atom is 0.286 e. The Labute approximate surface area is 182 Å². The number of nitriles is 1. The van der Waals surface area contributed by atoms with Crippen molar-refractivity contribution in [3.8, 4) is 33.6 Å². The average Bonchev–Trinajstić information content (AvgIpc) is 3.41. The van der Waals surface area contributed by atoms with Crippen LogP contribution in [0.25, 0.3) is 21.7 Å². The monoisotopic (exact) mass is 430 g/mol. The molecule has 0 bridgehead atoms. The van der Waals surface area contributed by atoms with E-state index >= 15 is 0 Å². The van der Waals surface area contributed by atoms with Gasteiger partial charge in [-0.3, -0.25) is 14.7 Å². The van der Waals surface area contributed by atoms with E-state index in [9.17, 15) is 14.9 Å². The third kappa shape index (κ3) is 4.17. The number of benzene rings is 1. The number of carbonyl (C=O) groups is 1. The minimum absolute atomic E-state index is 0.0497. The van der Waals surface area contributed by atoms with Crippen LogP contribution in [0.15, 0.2) is 58.7 Å². The van der Waals surface area contributed by atoms with Crippen molar-refractivity contribution in [2.24, 2.45) is 0 Å². The Morgan fingerprint density at radius 1 is 1.23 bits per heavy atom. The van der Waals surface area contributed by atoms with Crippen LogP contribution in [0.4, 0.5) is 0 Å². The first kappa shape index (κ1) is 20.3. The van der Waals surface area contributed by atoms with Crippen molar-refractivity contribution in [3.05, 3.63) is 81.1 Å². The normalized spacial score (nSPS) is 10.6. The molecule has 4 aromatic rings. The van der Waals surface area contributed by atoms with E-state index in [0.29, 0.717) is 17.0 Å². The summed E-state index contributed by atoms with van der Waals surface area (Å²) in [5, 5.41) is 14.5. The highest BCUT2D eigenvalue weighted by Gasteiger charge is 2.19. The number of thiophene rings is 1. The molecule has 8 heteroatoms. The van der Waals surface area contributed by atoms with Gasteiger partial charge in [-0.1, -0.05) is 35.9 Å². The molecule has 31 heavy (non-hydrogen) atoms. The van der Waals surface area contributed by atoms with E-state index in [-0.39, 0.29) is 11.4 Å². The van der Waals surface area contributed by atoms with E-state index in [2.05, 4.69) is 16.2 Å². The van der Waals surface area contributed by atoms with Gasteiger partial charge in [0.2, 0.25) is 5.88 Å². The van der Waals surface area contributed by atoms with Gasteiger partial charge >= 0.3 is 0 Å². The molecule has 3 heterocycles. The molecule has 0 amide bonds. The van der Waals surface area contributed by atoms with Gasteiger partial charge in [-0.15, -0.1) is 11.3 Å². The van der Waals surface area contributed by atoms with Crippen molar-refractivity contribution < 1.29 is 9.53 Å². The van der Waals surface area contributed by atoms with Crippen LogP contribution in [0.1, 0.15) is 21.6 Å². The standard InChI is InChI=1S/C23H18N4O3S/c1-14-5-7-16(8-6-14)17-11-19(20-4-3-9-31-20)25-23(18(17)12-24)30-13-22(29)27-21(28)10-15(2)26-27/h3-11,26H,13H2,1-2H3. The Morgan fingerprint density at radius 2 is 2.00 bits per heavy atom. The number of hydrogen-bond donors (Lipinski definition) is 1. The van der Waals surface area contributed by atoms with Gasteiger partial charge in [0.15, 0.2) is 6.61 Å². The second-order valence-electron chi connectivity index (χ2n) is 6.99. The summed E-state index contributed by atoms with van der Waals surface area (Å²) in [6.07, 6.45) is 0. The predicted octanol–water partition coefficient (Wildman–Crippen LogP) is 4.17. The second kappa shape index (κ2) is 8.42.